The Bertz CT molecular complexity index is 579. The van der Waals surface area contributed by atoms with E-state index in [1.807, 2.05) is 0 Å². The number of halogens is 3. The standard InChI is InChI=1S/C17H22F3N3O/c18-17(19,20)14-3-1-2-13(10-14)11-22-6-8-23(9-7-22)12-16(24)21-15-4-5-15/h1-3,10,15H,4-9,11-12H2,(H,21,24). The molecule has 0 atom stereocenters. The second-order valence-corrected chi connectivity index (χ2v) is 6.59. The van der Waals surface area contributed by atoms with Crippen molar-refractivity contribution in [3.8, 4) is 0 Å². The first kappa shape index (κ1) is 17.2. The van der Waals surface area contributed by atoms with Gasteiger partial charge in [0.15, 0.2) is 0 Å². The van der Waals surface area contributed by atoms with E-state index in [-0.39, 0.29) is 5.91 Å². The molecular weight excluding hydrogens is 319 g/mol. The van der Waals surface area contributed by atoms with Crippen LogP contribution in [0.25, 0.3) is 0 Å². The first-order chi connectivity index (χ1) is 11.4. The average Bonchev–Trinajstić information content (AvgIpc) is 3.32. The van der Waals surface area contributed by atoms with Crippen molar-refractivity contribution in [2.24, 2.45) is 0 Å². The van der Waals surface area contributed by atoms with Crippen LogP contribution in [0.5, 0.6) is 0 Å². The number of hydrogen-bond donors (Lipinski definition) is 1. The van der Waals surface area contributed by atoms with Gasteiger partial charge in [0.2, 0.25) is 5.91 Å². The van der Waals surface area contributed by atoms with Gasteiger partial charge in [-0.2, -0.15) is 13.2 Å². The van der Waals surface area contributed by atoms with Gasteiger partial charge >= 0.3 is 6.18 Å². The number of nitrogens with zero attached hydrogens (tertiary/aromatic N) is 2. The molecule has 2 aliphatic rings. The van der Waals surface area contributed by atoms with Crippen LogP contribution in [0.15, 0.2) is 24.3 Å². The van der Waals surface area contributed by atoms with E-state index < -0.39 is 11.7 Å². The Balaban J connectivity index is 1.46. The molecule has 4 nitrogen and oxygen atoms in total. The van der Waals surface area contributed by atoms with Gasteiger partial charge in [-0.05, 0) is 24.5 Å². The van der Waals surface area contributed by atoms with Crippen LogP contribution in [0.1, 0.15) is 24.0 Å². The molecular formula is C17H22F3N3O. The highest BCUT2D eigenvalue weighted by molar-refractivity contribution is 5.78. The molecule has 3 rings (SSSR count). The largest absolute Gasteiger partial charge is 0.416 e. The number of piperazine rings is 1. The van der Waals surface area contributed by atoms with E-state index in [1.165, 1.54) is 12.1 Å². The molecule has 1 aromatic carbocycles. The fourth-order valence-electron chi connectivity index (χ4n) is 2.91. The van der Waals surface area contributed by atoms with E-state index in [4.69, 9.17) is 0 Å². The van der Waals surface area contributed by atoms with Gasteiger partial charge in [-0.25, -0.2) is 0 Å². The summed E-state index contributed by atoms with van der Waals surface area (Å²) in [4.78, 5) is 16.0. The van der Waals surface area contributed by atoms with Gasteiger partial charge in [0, 0.05) is 38.8 Å². The van der Waals surface area contributed by atoms with Gasteiger partial charge in [0.1, 0.15) is 0 Å². The summed E-state index contributed by atoms with van der Waals surface area (Å²) in [5, 5.41) is 2.97. The number of carbonyl (C=O) groups excluding carboxylic acids is 1. The highest BCUT2D eigenvalue weighted by Crippen LogP contribution is 2.29. The van der Waals surface area contributed by atoms with Gasteiger partial charge in [0.05, 0.1) is 12.1 Å². The lowest BCUT2D eigenvalue weighted by Crippen LogP contribution is -2.49. The molecule has 1 heterocycles. The molecule has 0 unspecified atom stereocenters. The average molecular weight is 341 g/mol. The molecule has 24 heavy (non-hydrogen) atoms. The molecule has 7 heteroatoms. The predicted octanol–water partition coefficient (Wildman–Crippen LogP) is 2.10. The van der Waals surface area contributed by atoms with Crippen molar-refractivity contribution in [1.29, 1.82) is 0 Å². The fourth-order valence-corrected chi connectivity index (χ4v) is 2.91. The summed E-state index contributed by atoms with van der Waals surface area (Å²) in [5.41, 5.74) is 0.0696. The van der Waals surface area contributed by atoms with Crippen molar-refractivity contribution in [3.05, 3.63) is 35.4 Å². The molecule has 1 saturated heterocycles. The molecule has 1 amide bonds. The van der Waals surface area contributed by atoms with Crippen molar-refractivity contribution >= 4 is 5.91 Å². The van der Waals surface area contributed by atoms with Crippen LogP contribution >= 0.6 is 0 Å². The Labute approximate surface area is 139 Å². The minimum Gasteiger partial charge on any atom is -0.352 e. The van der Waals surface area contributed by atoms with E-state index in [1.54, 1.807) is 6.07 Å². The molecule has 2 fully saturated rings. The fraction of sp³-hybridized carbons (Fsp3) is 0.588. The van der Waals surface area contributed by atoms with Crippen LogP contribution in [0.3, 0.4) is 0 Å². The van der Waals surface area contributed by atoms with E-state index in [0.717, 1.165) is 45.1 Å². The summed E-state index contributed by atoms with van der Waals surface area (Å²) in [6, 6.07) is 5.87. The first-order valence-electron chi connectivity index (χ1n) is 8.30. The van der Waals surface area contributed by atoms with Crippen LogP contribution in [0.4, 0.5) is 13.2 Å². The van der Waals surface area contributed by atoms with E-state index >= 15 is 0 Å². The van der Waals surface area contributed by atoms with Crippen LogP contribution < -0.4 is 5.32 Å². The highest BCUT2D eigenvalue weighted by Gasteiger charge is 2.30. The third-order valence-corrected chi connectivity index (χ3v) is 4.44. The summed E-state index contributed by atoms with van der Waals surface area (Å²) in [6.45, 7) is 3.95. The number of amides is 1. The zero-order chi connectivity index (χ0) is 17.2. The summed E-state index contributed by atoms with van der Waals surface area (Å²) in [7, 11) is 0. The predicted molar refractivity (Wildman–Crippen MR) is 84.3 cm³/mol. The van der Waals surface area contributed by atoms with Crippen molar-refractivity contribution in [2.45, 2.75) is 31.6 Å². The maximum Gasteiger partial charge on any atom is 0.416 e. The zero-order valence-electron chi connectivity index (χ0n) is 13.5. The molecule has 0 radical (unpaired) electrons. The number of alkyl halides is 3. The molecule has 0 bridgehead atoms. The lowest BCUT2D eigenvalue weighted by Gasteiger charge is -2.34. The van der Waals surface area contributed by atoms with E-state index in [0.29, 0.717) is 24.7 Å². The third kappa shape index (κ3) is 4.95. The van der Waals surface area contributed by atoms with Gasteiger partial charge in [-0.1, -0.05) is 18.2 Å². The maximum absolute atomic E-state index is 12.8. The minimum absolute atomic E-state index is 0.0730. The zero-order valence-corrected chi connectivity index (χ0v) is 13.5. The van der Waals surface area contributed by atoms with Crippen LogP contribution in [-0.2, 0) is 17.5 Å². The van der Waals surface area contributed by atoms with Crippen molar-refractivity contribution in [1.82, 2.24) is 15.1 Å². The second-order valence-electron chi connectivity index (χ2n) is 6.59. The molecule has 1 N–H and O–H groups in total. The SMILES string of the molecule is O=C(CN1CCN(Cc2cccc(C(F)(F)F)c2)CC1)NC1CC1. The van der Waals surface area contributed by atoms with E-state index in [2.05, 4.69) is 15.1 Å². The van der Waals surface area contributed by atoms with Crippen molar-refractivity contribution in [3.63, 3.8) is 0 Å². The monoisotopic (exact) mass is 341 g/mol. The van der Waals surface area contributed by atoms with Crippen LogP contribution in [0.2, 0.25) is 0 Å². The first-order valence-corrected chi connectivity index (χ1v) is 8.30. The summed E-state index contributed by atoms with van der Waals surface area (Å²) in [5.74, 6) is 0.0730. The number of carbonyl (C=O) groups is 1. The summed E-state index contributed by atoms with van der Waals surface area (Å²) < 4.78 is 38.3. The molecule has 0 spiro atoms. The number of rotatable bonds is 5. The number of hydrogen-bond acceptors (Lipinski definition) is 3. The van der Waals surface area contributed by atoms with Crippen LogP contribution in [0, 0.1) is 0 Å². The second kappa shape index (κ2) is 7.11. The Morgan fingerprint density at radius 2 is 1.79 bits per heavy atom. The molecule has 132 valence electrons. The topological polar surface area (TPSA) is 35.6 Å². The smallest absolute Gasteiger partial charge is 0.352 e. The highest BCUT2D eigenvalue weighted by atomic mass is 19.4. The third-order valence-electron chi connectivity index (χ3n) is 4.44. The Hall–Kier alpha value is -1.60. The van der Waals surface area contributed by atoms with Crippen molar-refractivity contribution in [2.75, 3.05) is 32.7 Å². The summed E-state index contributed by atoms with van der Waals surface area (Å²) >= 11 is 0. The Kier molecular flexibility index (Phi) is 5.10. The molecule has 0 aromatic heterocycles. The maximum atomic E-state index is 12.8. The normalized spacial score (nSPS) is 20.1. The van der Waals surface area contributed by atoms with Gasteiger partial charge in [-0.15, -0.1) is 0 Å². The lowest BCUT2D eigenvalue weighted by molar-refractivity contribution is -0.137. The minimum atomic E-state index is -4.30. The molecule has 1 saturated carbocycles. The number of benzene rings is 1. The van der Waals surface area contributed by atoms with E-state index in [9.17, 15) is 18.0 Å². The molecule has 1 aliphatic heterocycles. The van der Waals surface area contributed by atoms with Crippen LogP contribution in [-0.4, -0.2) is 54.5 Å². The van der Waals surface area contributed by atoms with Gasteiger partial charge < -0.3 is 5.32 Å². The lowest BCUT2D eigenvalue weighted by atomic mass is 10.1. The quantitative estimate of drug-likeness (QED) is 0.891. The summed E-state index contributed by atoms with van der Waals surface area (Å²) in [6.07, 6.45) is -2.14. The number of nitrogens with one attached hydrogen (secondary N) is 1. The van der Waals surface area contributed by atoms with Gasteiger partial charge in [-0.3, -0.25) is 14.6 Å². The Morgan fingerprint density at radius 3 is 2.42 bits per heavy atom. The molecule has 1 aromatic rings. The molecule has 1 aliphatic carbocycles. The van der Waals surface area contributed by atoms with Gasteiger partial charge in [0.25, 0.3) is 0 Å². The van der Waals surface area contributed by atoms with Crippen molar-refractivity contribution < 1.29 is 18.0 Å². The Morgan fingerprint density at radius 1 is 1.12 bits per heavy atom.